The molecular weight excluding hydrogens is 286 g/mol. The lowest BCUT2D eigenvalue weighted by Gasteiger charge is -2.10. The molecule has 0 spiro atoms. The van der Waals surface area contributed by atoms with Gasteiger partial charge in [-0.1, -0.05) is 6.07 Å². The molecule has 1 aliphatic rings. The molecule has 1 aromatic heterocycles. The van der Waals surface area contributed by atoms with Crippen LogP contribution in [0.15, 0.2) is 24.3 Å². The van der Waals surface area contributed by atoms with Gasteiger partial charge >= 0.3 is 0 Å². The quantitative estimate of drug-likeness (QED) is 0.946. The Bertz CT molecular complexity index is 744. The van der Waals surface area contributed by atoms with Gasteiger partial charge in [-0.2, -0.15) is 0 Å². The SMILES string of the molecule is Cc1nc2c(cc1C(=O)NCc1ccc(F)c(F)c1)CCC2. The number of halogens is 2. The van der Waals surface area contributed by atoms with Crippen LogP contribution in [0.4, 0.5) is 8.78 Å². The maximum atomic E-state index is 13.1. The molecule has 3 nitrogen and oxygen atoms in total. The number of rotatable bonds is 3. The third kappa shape index (κ3) is 2.84. The van der Waals surface area contributed by atoms with Gasteiger partial charge in [0.2, 0.25) is 0 Å². The number of aromatic nitrogens is 1. The van der Waals surface area contributed by atoms with E-state index < -0.39 is 11.6 Å². The van der Waals surface area contributed by atoms with E-state index in [0.29, 0.717) is 16.8 Å². The molecule has 0 atom stereocenters. The Balaban J connectivity index is 1.73. The fourth-order valence-electron chi connectivity index (χ4n) is 2.73. The first-order valence-electron chi connectivity index (χ1n) is 7.26. The van der Waals surface area contributed by atoms with Gasteiger partial charge in [-0.3, -0.25) is 9.78 Å². The third-order valence-corrected chi connectivity index (χ3v) is 3.92. The summed E-state index contributed by atoms with van der Waals surface area (Å²) < 4.78 is 26.0. The van der Waals surface area contributed by atoms with E-state index in [1.54, 1.807) is 0 Å². The normalized spacial score (nSPS) is 13.0. The molecule has 2 aromatic rings. The lowest BCUT2D eigenvalue weighted by Crippen LogP contribution is -2.24. The highest BCUT2D eigenvalue weighted by molar-refractivity contribution is 5.95. The van der Waals surface area contributed by atoms with E-state index in [1.165, 1.54) is 6.07 Å². The molecule has 1 N–H and O–H groups in total. The summed E-state index contributed by atoms with van der Waals surface area (Å²) in [6, 6.07) is 5.49. The van der Waals surface area contributed by atoms with Gasteiger partial charge in [0.1, 0.15) is 0 Å². The highest BCUT2D eigenvalue weighted by Gasteiger charge is 2.18. The number of carbonyl (C=O) groups excluding carboxylic acids is 1. The van der Waals surface area contributed by atoms with Gasteiger partial charge in [0.15, 0.2) is 11.6 Å². The molecule has 0 bridgehead atoms. The molecular formula is C17H16F2N2O. The van der Waals surface area contributed by atoms with Crippen LogP contribution in [0.5, 0.6) is 0 Å². The molecule has 1 amide bonds. The minimum Gasteiger partial charge on any atom is -0.348 e. The van der Waals surface area contributed by atoms with Crippen LogP contribution in [0, 0.1) is 18.6 Å². The van der Waals surface area contributed by atoms with Crippen LogP contribution in [0.25, 0.3) is 0 Å². The predicted octanol–water partition coefficient (Wildman–Crippen LogP) is 3.09. The molecule has 0 fully saturated rings. The van der Waals surface area contributed by atoms with Gasteiger partial charge < -0.3 is 5.32 Å². The summed E-state index contributed by atoms with van der Waals surface area (Å²) >= 11 is 0. The Labute approximate surface area is 127 Å². The molecule has 114 valence electrons. The molecule has 5 heteroatoms. The molecule has 1 heterocycles. The van der Waals surface area contributed by atoms with Crippen molar-refractivity contribution in [2.75, 3.05) is 0 Å². The number of carbonyl (C=O) groups is 1. The van der Waals surface area contributed by atoms with Gasteiger partial charge in [0, 0.05) is 12.2 Å². The maximum absolute atomic E-state index is 13.1. The van der Waals surface area contributed by atoms with Crippen molar-refractivity contribution in [1.82, 2.24) is 10.3 Å². The first kappa shape index (κ1) is 14.6. The zero-order chi connectivity index (χ0) is 15.7. The fraction of sp³-hybridized carbons (Fsp3) is 0.294. The molecule has 3 rings (SSSR count). The number of hydrogen-bond donors (Lipinski definition) is 1. The van der Waals surface area contributed by atoms with Gasteiger partial charge in [-0.25, -0.2) is 8.78 Å². The summed E-state index contributed by atoms with van der Waals surface area (Å²) in [4.78, 5) is 16.8. The predicted molar refractivity (Wildman–Crippen MR) is 78.5 cm³/mol. The van der Waals surface area contributed by atoms with E-state index in [9.17, 15) is 13.6 Å². The zero-order valence-corrected chi connectivity index (χ0v) is 12.2. The summed E-state index contributed by atoms with van der Waals surface area (Å²) in [6.45, 7) is 1.96. The second-order valence-electron chi connectivity index (χ2n) is 5.51. The standard InChI is InChI=1S/C17H16F2N2O/c1-10-13(8-12-3-2-4-16(12)21-10)17(22)20-9-11-5-6-14(18)15(19)7-11/h5-8H,2-4,9H2,1H3,(H,20,22). The van der Waals surface area contributed by atoms with E-state index in [-0.39, 0.29) is 12.5 Å². The van der Waals surface area contributed by atoms with E-state index in [0.717, 1.165) is 42.7 Å². The number of nitrogens with one attached hydrogen (secondary N) is 1. The van der Waals surface area contributed by atoms with Gasteiger partial charge in [0.25, 0.3) is 5.91 Å². The van der Waals surface area contributed by atoms with Crippen molar-refractivity contribution in [3.8, 4) is 0 Å². The second kappa shape index (κ2) is 5.83. The molecule has 0 saturated heterocycles. The summed E-state index contributed by atoms with van der Waals surface area (Å²) in [6.07, 6.45) is 2.99. The Morgan fingerprint density at radius 3 is 2.82 bits per heavy atom. The first-order valence-corrected chi connectivity index (χ1v) is 7.26. The number of fused-ring (bicyclic) bond motifs is 1. The van der Waals surface area contributed by atoms with Crippen LogP contribution in [0.1, 0.15) is 39.3 Å². The highest BCUT2D eigenvalue weighted by Crippen LogP contribution is 2.22. The van der Waals surface area contributed by atoms with E-state index in [4.69, 9.17) is 0 Å². The monoisotopic (exact) mass is 302 g/mol. The average molecular weight is 302 g/mol. The number of amides is 1. The number of benzene rings is 1. The summed E-state index contributed by atoms with van der Waals surface area (Å²) in [5.74, 6) is -2.06. The van der Waals surface area contributed by atoms with Crippen molar-refractivity contribution in [1.29, 1.82) is 0 Å². The molecule has 22 heavy (non-hydrogen) atoms. The van der Waals surface area contributed by atoms with Crippen molar-refractivity contribution >= 4 is 5.91 Å². The minimum absolute atomic E-state index is 0.145. The number of pyridine rings is 1. The van der Waals surface area contributed by atoms with E-state index >= 15 is 0 Å². The third-order valence-electron chi connectivity index (χ3n) is 3.92. The first-order chi connectivity index (χ1) is 10.5. The van der Waals surface area contributed by atoms with Crippen molar-refractivity contribution in [2.45, 2.75) is 32.7 Å². The van der Waals surface area contributed by atoms with Crippen LogP contribution in [0.3, 0.4) is 0 Å². The van der Waals surface area contributed by atoms with Crippen LogP contribution >= 0.6 is 0 Å². The van der Waals surface area contributed by atoms with Gasteiger partial charge in [-0.15, -0.1) is 0 Å². The average Bonchev–Trinajstić information content (AvgIpc) is 2.94. The Kier molecular flexibility index (Phi) is 3.88. The largest absolute Gasteiger partial charge is 0.348 e. The Morgan fingerprint density at radius 2 is 2.05 bits per heavy atom. The maximum Gasteiger partial charge on any atom is 0.253 e. The number of aryl methyl sites for hydroxylation is 3. The summed E-state index contributed by atoms with van der Waals surface area (Å²) in [5, 5.41) is 2.73. The van der Waals surface area contributed by atoms with E-state index in [2.05, 4.69) is 10.3 Å². The van der Waals surface area contributed by atoms with E-state index in [1.807, 2.05) is 13.0 Å². The number of hydrogen-bond acceptors (Lipinski definition) is 2. The smallest absolute Gasteiger partial charge is 0.253 e. The topological polar surface area (TPSA) is 42.0 Å². The van der Waals surface area contributed by atoms with Crippen LogP contribution in [-0.4, -0.2) is 10.9 Å². The van der Waals surface area contributed by atoms with Crippen LogP contribution in [-0.2, 0) is 19.4 Å². The molecule has 0 saturated carbocycles. The summed E-state index contributed by atoms with van der Waals surface area (Å²) in [7, 11) is 0. The van der Waals surface area contributed by atoms with Crippen LogP contribution < -0.4 is 5.32 Å². The minimum atomic E-state index is -0.915. The van der Waals surface area contributed by atoms with Crippen molar-refractivity contribution in [3.05, 3.63) is 64.0 Å². The van der Waals surface area contributed by atoms with Gasteiger partial charge in [-0.05, 0) is 55.5 Å². The fourth-order valence-corrected chi connectivity index (χ4v) is 2.73. The van der Waals surface area contributed by atoms with Gasteiger partial charge in [0.05, 0.1) is 11.3 Å². The van der Waals surface area contributed by atoms with Crippen molar-refractivity contribution < 1.29 is 13.6 Å². The lowest BCUT2D eigenvalue weighted by atomic mass is 10.1. The Morgan fingerprint density at radius 1 is 1.23 bits per heavy atom. The number of nitrogens with zero attached hydrogens (tertiary/aromatic N) is 1. The van der Waals surface area contributed by atoms with Crippen molar-refractivity contribution in [2.24, 2.45) is 0 Å². The molecule has 1 aliphatic carbocycles. The highest BCUT2D eigenvalue weighted by atomic mass is 19.2. The molecule has 0 unspecified atom stereocenters. The zero-order valence-electron chi connectivity index (χ0n) is 12.2. The Hall–Kier alpha value is -2.30. The lowest BCUT2D eigenvalue weighted by molar-refractivity contribution is 0.0949. The van der Waals surface area contributed by atoms with Crippen molar-refractivity contribution in [3.63, 3.8) is 0 Å². The summed E-state index contributed by atoms with van der Waals surface area (Å²) in [5.41, 5.74) is 3.96. The molecule has 1 aromatic carbocycles. The second-order valence-corrected chi connectivity index (χ2v) is 5.51. The molecule has 0 radical (unpaired) electrons. The molecule has 0 aliphatic heterocycles. The van der Waals surface area contributed by atoms with Crippen LogP contribution in [0.2, 0.25) is 0 Å².